The van der Waals surface area contributed by atoms with E-state index in [2.05, 4.69) is 0 Å². The first-order valence-corrected chi connectivity index (χ1v) is 4.16. The van der Waals surface area contributed by atoms with Crippen LogP contribution in [0.3, 0.4) is 0 Å². The molecule has 1 rings (SSSR count). The minimum Gasteiger partial charge on any atom is -0.491 e. The fourth-order valence-electron chi connectivity index (χ4n) is 0.940. The van der Waals surface area contributed by atoms with Crippen molar-refractivity contribution in [3.8, 4) is 5.75 Å². The molecule has 0 bridgehead atoms. The lowest BCUT2D eigenvalue weighted by Crippen LogP contribution is -2.13. The van der Waals surface area contributed by atoms with Crippen LogP contribution < -0.4 is 4.74 Å². The van der Waals surface area contributed by atoms with Gasteiger partial charge in [0.2, 0.25) is 0 Å². The highest BCUT2D eigenvalue weighted by atomic mass is 19.1. The lowest BCUT2D eigenvalue weighted by atomic mass is 10.2. The Morgan fingerprint density at radius 1 is 1.54 bits per heavy atom. The maximum absolute atomic E-state index is 12.7. The smallest absolute Gasteiger partial charge is 0.126 e. The molecule has 0 aliphatic rings. The summed E-state index contributed by atoms with van der Waals surface area (Å²) in [6.45, 7) is 3.63. The van der Waals surface area contributed by atoms with Crippen molar-refractivity contribution in [3.63, 3.8) is 0 Å². The summed E-state index contributed by atoms with van der Waals surface area (Å²) in [5.41, 5.74) is 0.863. The first-order valence-electron chi connectivity index (χ1n) is 4.16. The van der Waals surface area contributed by atoms with Crippen molar-refractivity contribution in [3.05, 3.63) is 29.6 Å². The molecule has 1 aromatic carbocycles. The molecular weight excluding hydrogens is 171 g/mol. The lowest BCUT2D eigenvalue weighted by molar-refractivity contribution is 0.122. The van der Waals surface area contributed by atoms with Gasteiger partial charge < -0.3 is 9.84 Å². The number of hydrogen-bond donors (Lipinski definition) is 1. The highest BCUT2D eigenvalue weighted by molar-refractivity contribution is 5.32. The van der Waals surface area contributed by atoms with Gasteiger partial charge >= 0.3 is 0 Å². The largest absolute Gasteiger partial charge is 0.491 e. The number of hydrogen-bond acceptors (Lipinski definition) is 2. The molecule has 0 aliphatic heterocycles. The van der Waals surface area contributed by atoms with E-state index in [4.69, 9.17) is 9.84 Å². The summed E-state index contributed by atoms with van der Waals surface area (Å²) in [6.07, 6.45) is -0.539. The first kappa shape index (κ1) is 9.99. The summed E-state index contributed by atoms with van der Waals surface area (Å²) in [5.74, 6) is 0.159. The SMILES string of the molecule is Cc1ccc(F)cc1OC[C@H](C)O. The Morgan fingerprint density at radius 3 is 2.85 bits per heavy atom. The third-order valence-electron chi connectivity index (χ3n) is 1.63. The zero-order valence-corrected chi connectivity index (χ0v) is 7.75. The van der Waals surface area contributed by atoms with Crippen molar-refractivity contribution < 1.29 is 14.2 Å². The Morgan fingerprint density at radius 2 is 2.23 bits per heavy atom. The second kappa shape index (κ2) is 4.23. The minimum atomic E-state index is -0.539. The molecule has 0 saturated carbocycles. The van der Waals surface area contributed by atoms with Gasteiger partial charge in [0.25, 0.3) is 0 Å². The fraction of sp³-hybridized carbons (Fsp3) is 0.400. The van der Waals surface area contributed by atoms with E-state index in [1.54, 1.807) is 13.0 Å². The molecule has 1 N–H and O–H groups in total. The lowest BCUT2D eigenvalue weighted by Gasteiger charge is -2.10. The summed E-state index contributed by atoms with van der Waals surface area (Å²) >= 11 is 0. The van der Waals surface area contributed by atoms with E-state index in [1.165, 1.54) is 12.1 Å². The van der Waals surface area contributed by atoms with Crippen LogP contribution in [0.15, 0.2) is 18.2 Å². The summed E-state index contributed by atoms with van der Waals surface area (Å²) < 4.78 is 17.9. The molecule has 0 saturated heterocycles. The molecule has 0 radical (unpaired) electrons. The van der Waals surface area contributed by atoms with Gasteiger partial charge in [0.15, 0.2) is 0 Å². The number of aliphatic hydroxyl groups excluding tert-OH is 1. The predicted molar refractivity (Wildman–Crippen MR) is 48.3 cm³/mol. The molecule has 0 amide bonds. The van der Waals surface area contributed by atoms with Crippen molar-refractivity contribution in [2.24, 2.45) is 0 Å². The average molecular weight is 184 g/mol. The standard InChI is InChI=1S/C10H13FO2/c1-7-3-4-9(11)5-10(7)13-6-8(2)12/h3-5,8,12H,6H2,1-2H3/t8-/m0/s1. The van der Waals surface area contributed by atoms with Gasteiger partial charge in [0, 0.05) is 6.07 Å². The molecule has 1 atom stereocenters. The van der Waals surface area contributed by atoms with E-state index in [1.807, 2.05) is 6.92 Å². The van der Waals surface area contributed by atoms with E-state index in [0.717, 1.165) is 5.56 Å². The van der Waals surface area contributed by atoms with E-state index < -0.39 is 6.10 Å². The van der Waals surface area contributed by atoms with Crippen LogP contribution in [0.25, 0.3) is 0 Å². The summed E-state index contributed by atoms with van der Waals surface area (Å²) in [5, 5.41) is 8.96. The van der Waals surface area contributed by atoms with Gasteiger partial charge in [-0.15, -0.1) is 0 Å². The number of benzene rings is 1. The highest BCUT2D eigenvalue weighted by Crippen LogP contribution is 2.18. The first-order chi connectivity index (χ1) is 6.09. The number of rotatable bonds is 3. The number of aliphatic hydroxyl groups is 1. The normalized spacial score (nSPS) is 12.6. The minimum absolute atomic E-state index is 0.185. The second-order valence-electron chi connectivity index (χ2n) is 3.07. The van der Waals surface area contributed by atoms with Gasteiger partial charge in [-0.3, -0.25) is 0 Å². The fourth-order valence-corrected chi connectivity index (χ4v) is 0.940. The zero-order valence-electron chi connectivity index (χ0n) is 7.75. The number of ether oxygens (including phenoxy) is 1. The molecular formula is C10H13FO2. The number of halogens is 1. The van der Waals surface area contributed by atoms with Crippen molar-refractivity contribution >= 4 is 0 Å². The van der Waals surface area contributed by atoms with Crippen LogP contribution in [0.4, 0.5) is 4.39 Å². The summed E-state index contributed by atoms with van der Waals surface area (Å²) in [6, 6.07) is 4.34. The van der Waals surface area contributed by atoms with Crippen LogP contribution in [0, 0.1) is 12.7 Å². The molecule has 3 heteroatoms. The van der Waals surface area contributed by atoms with E-state index in [-0.39, 0.29) is 12.4 Å². The maximum Gasteiger partial charge on any atom is 0.126 e. The van der Waals surface area contributed by atoms with Gasteiger partial charge in [0.1, 0.15) is 18.2 Å². The van der Waals surface area contributed by atoms with Crippen LogP contribution in [0.5, 0.6) is 5.75 Å². The Hall–Kier alpha value is -1.09. The molecule has 0 fully saturated rings. The van der Waals surface area contributed by atoms with Crippen molar-refractivity contribution in [1.82, 2.24) is 0 Å². The van der Waals surface area contributed by atoms with Gasteiger partial charge in [-0.05, 0) is 25.5 Å². The van der Waals surface area contributed by atoms with E-state index in [0.29, 0.717) is 5.75 Å². The Balaban J connectivity index is 2.70. The van der Waals surface area contributed by atoms with Crippen LogP contribution >= 0.6 is 0 Å². The Kier molecular flexibility index (Phi) is 3.25. The molecule has 0 spiro atoms. The predicted octanol–water partition coefficient (Wildman–Crippen LogP) is 1.89. The average Bonchev–Trinajstić information content (AvgIpc) is 2.06. The van der Waals surface area contributed by atoms with E-state index in [9.17, 15) is 4.39 Å². The van der Waals surface area contributed by atoms with Gasteiger partial charge in [-0.25, -0.2) is 4.39 Å². The molecule has 0 aromatic heterocycles. The molecule has 1 aromatic rings. The molecule has 72 valence electrons. The molecule has 0 aliphatic carbocycles. The summed E-state index contributed by atoms with van der Waals surface area (Å²) in [4.78, 5) is 0. The van der Waals surface area contributed by atoms with Crippen molar-refractivity contribution in [2.75, 3.05) is 6.61 Å². The molecule has 2 nitrogen and oxygen atoms in total. The Labute approximate surface area is 77.0 Å². The molecule has 0 heterocycles. The van der Waals surface area contributed by atoms with Crippen molar-refractivity contribution in [1.29, 1.82) is 0 Å². The monoisotopic (exact) mass is 184 g/mol. The topological polar surface area (TPSA) is 29.5 Å². The molecule has 13 heavy (non-hydrogen) atoms. The quantitative estimate of drug-likeness (QED) is 0.777. The Bertz CT molecular complexity index is 284. The van der Waals surface area contributed by atoms with E-state index >= 15 is 0 Å². The molecule has 0 unspecified atom stereocenters. The van der Waals surface area contributed by atoms with Gasteiger partial charge in [0.05, 0.1) is 6.10 Å². The summed E-state index contributed by atoms with van der Waals surface area (Å²) in [7, 11) is 0. The van der Waals surface area contributed by atoms with Crippen LogP contribution in [0.1, 0.15) is 12.5 Å². The third kappa shape index (κ3) is 3.03. The van der Waals surface area contributed by atoms with Gasteiger partial charge in [-0.1, -0.05) is 6.07 Å². The number of aryl methyl sites for hydroxylation is 1. The zero-order chi connectivity index (χ0) is 9.84. The van der Waals surface area contributed by atoms with Crippen LogP contribution in [0.2, 0.25) is 0 Å². The highest BCUT2D eigenvalue weighted by Gasteiger charge is 2.02. The van der Waals surface area contributed by atoms with Crippen LogP contribution in [-0.4, -0.2) is 17.8 Å². The third-order valence-corrected chi connectivity index (χ3v) is 1.63. The van der Waals surface area contributed by atoms with Crippen molar-refractivity contribution in [2.45, 2.75) is 20.0 Å². The van der Waals surface area contributed by atoms with Gasteiger partial charge in [-0.2, -0.15) is 0 Å². The van der Waals surface area contributed by atoms with Crippen LogP contribution in [-0.2, 0) is 0 Å². The maximum atomic E-state index is 12.7. The second-order valence-corrected chi connectivity index (χ2v) is 3.07.